The number of rotatable bonds is 6. The summed E-state index contributed by atoms with van der Waals surface area (Å²) in [5, 5.41) is 8.71. The zero-order chi connectivity index (χ0) is 14.4. The fourth-order valence-corrected chi connectivity index (χ4v) is 2.10. The third-order valence-electron chi connectivity index (χ3n) is 2.48. The second-order valence-corrected chi connectivity index (χ2v) is 4.78. The number of carboxylic acid groups (broad SMARTS) is 1. The summed E-state index contributed by atoms with van der Waals surface area (Å²) in [6.07, 6.45) is 4.27. The van der Waals surface area contributed by atoms with Crippen LogP contribution in [0.15, 0.2) is 36.0 Å². The Morgan fingerprint density at radius 1 is 1.50 bits per heavy atom. The molecule has 0 bridgehead atoms. The van der Waals surface area contributed by atoms with Gasteiger partial charge in [-0.2, -0.15) is 0 Å². The lowest BCUT2D eigenvalue weighted by molar-refractivity contribution is -0.131. The molecule has 1 heterocycles. The zero-order valence-corrected chi connectivity index (χ0v) is 11.6. The van der Waals surface area contributed by atoms with E-state index in [1.165, 1.54) is 17.4 Å². The largest absolute Gasteiger partial charge is 0.493 e. The van der Waals surface area contributed by atoms with Crippen LogP contribution in [0, 0.1) is 0 Å². The van der Waals surface area contributed by atoms with Gasteiger partial charge in [-0.3, -0.25) is 4.98 Å². The molecule has 6 heteroatoms. The number of para-hydroxylation sites is 1. The molecule has 2 aromatic rings. The van der Waals surface area contributed by atoms with Crippen LogP contribution in [-0.2, 0) is 11.4 Å². The lowest BCUT2D eigenvalue weighted by Gasteiger charge is -2.12. The maximum Gasteiger partial charge on any atom is 0.328 e. The van der Waals surface area contributed by atoms with E-state index in [4.69, 9.17) is 14.6 Å². The van der Waals surface area contributed by atoms with Gasteiger partial charge in [0.05, 0.1) is 17.5 Å². The Labute approximate surface area is 120 Å². The van der Waals surface area contributed by atoms with Gasteiger partial charge in [0, 0.05) is 17.8 Å². The van der Waals surface area contributed by atoms with Crippen LogP contribution < -0.4 is 9.47 Å². The predicted octanol–water partition coefficient (Wildman–Crippen LogP) is 2.83. The molecule has 1 aromatic heterocycles. The maximum atomic E-state index is 10.6. The molecular weight excluding hydrogens is 278 g/mol. The summed E-state index contributed by atoms with van der Waals surface area (Å²) < 4.78 is 11.0. The highest BCUT2D eigenvalue weighted by atomic mass is 32.1. The summed E-state index contributed by atoms with van der Waals surface area (Å²) in [4.78, 5) is 15.6. The molecule has 0 saturated heterocycles. The Balaban J connectivity index is 2.25. The molecule has 5 nitrogen and oxygen atoms in total. The van der Waals surface area contributed by atoms with E-state index in [1.807, 2.05) is 0 Å². The van der Waals surface area contributed by atoms with E-state index < -0.39 is 5.97 Å². The molecule has 0 aliphatic rings. The van der Waals surface area contributed by atoms with E-state index in [0.717, 1.165) is 11.0 Å². The highest BCUT2D eigenvalue weighted by molar-refractivity contribution is 7.09. The van der Waals surface area contributed by atoms with Crippen LogP contribution in [0.4, 0.5) is 0 Å². The van der Waals surface area contributed by atoms with Crippen molar-refractivity contribution in [3.8, 4) is 11.5 Å². The first-order chi connectivity index (χ1) is 9.70. The van der Waals surface area contributed by atoms with Crippen molar-refractivity contribution >= 4 is 23.4 Å². The van der Waals surface area contributed by atoms with Crippen molar-refractivity contribution in [2.45, 2.75) is 6.61 Å². The number of carbonyl (C=O) groups is 1. The van der Waals surface area contributed by atoms with E-state index in [1.54, 1.807) is 37.0 Å². The minimum Gasteiger partial charge on any atom is -0.493 e. The molecule has 0 unspecified atom stereocenters. The number of hydrogen-bond donors (Lipinski definition) is 1. The fraction of sp³-hybridized carbons (Fsp3) is 0.143. The second kappa shape index (κ2) is 6.72. The molecule has 0 fully saturated rings. The summed E-state index contributed by atoms with van der Waals surface area (Å²) >= 11 is 1.49. The van der Waals surface area contributed by atoms with Gasteiger partial charge >= 0.3 is 5.97 Å². The van der Waals surface area contributed by atoms with Crippen LogP contribution in [-0.4, -0.2) is 23.2 Å². The SMILES string of the molecule is COc1cccc(/C=C/C(=O)O)c1OCc1cncs1. The number of thiazole rings is 1. The molecule has 20 heavy (non-hydrogen) atoms. The summed E-state index contributed by atoms with van der Waals surface area (Å²) in [7, 11) is 1.54. The number of ether oxygens (including phenoxy) is 2. The van der Waals surface area contributed by atoms with Crippen molar-refractivity contribution in [2.75, 3.05) is 7.11 Å². The molecule has 0 amide bonds. The molecule has 0 aliphatic carbocycles. The number of hydrogen-bond acceptors (Lipinski definition) is 5. The van der Waals surface area contributed by atoms with Crippen molar-refractivity contribution in [1.82, 2.24) is 4.98 Å². The van der Waals surface area contributed by atoms with Crippen molar-refractivity contribution in [1.29, 1.82) is 0 Å². The van der Waals surface area contributed by atoms with E-state index >= 15 is 0 Å². The topological polar surface area (TPSA) is 68.7 Å². The summed E-state index contributed by atoms with van der Waals surface area (Å²) in [5.74, 6) is 0.0594. The number of benzene rings is 1. The monoisotopic (exact) mass is 291 g/mol. The molecule has 104 valence electrons. The summed E-state index contributed by atoms with van der Waals surface area (Å²) in [6, 6.07) is 5.31. The lowest BCUT2D eigenvalue weighted by Crippen LogP contribution is -1.98. The van der Waals surface area contributed by atoms with E-state index in [2.05, 4.69) is 4.98 Å². The fourth-order valence-electron chi connectivity index (χ4n) is 1.60. The van der Waals surface area contributed by atoms with Gasteiger partial charge in [-0.15, -0.1) is 11.3 Å². The Hall–Kier alpha value is -2.34. The normalized spacial score (nSPS) is 10.7. The number of methoxy groups -OCH3 is 1. The predicted molar refractivity (Wildman–Crippen MR) is 76.1 cm³/mol. The third kappa shape index (κ3) is 3.58. The van der Waals surface area contributed by atoms with Crippen LogP contribution in [0.25, 0.3) is 6.08 Å². The summed E-state index contributed by atoms with van der Waals surface area (Å²) in [5.41, 5.74) is 2.38. The molecule has 0 aliphatic heterocycles. The van der Waals surface area contributed by atoms with Gasteiger partial charge in [0.25, 0.3) is 0 Å². The smallest absolute Gasteiger partial charge is 0.328 e. The quantitative estimate of drug-likeness (QED) is 0.829. The van der Waals surface area contributed by atoms with Gasteiger partial charge in [-0.05, 0) is 12.1 Å². The van der Waals surface area contributed by atoms with Gasteiger partial charge in [-0.25, -0.2) is 4.79 Å². The molecule has 0 radical (unpaired) electrons. The molecule has 2 rings (SSSR count). The number of carboxylic acids is 1. The first-order valence-electron chi connectivity index (χ1n) is 5.79. The van der Waals surface area contributed by atoms with Crippen LogP contribution in [0.2, 0.25) is 0 Å². The summed E-state index contributed by atoms with van der Waals surface area (Å²) in [6.45, 7) is 0.360. The Morgan fingerprint density at radius 2 is 2.35 bits per heavy atom. The minimum absolute atomic E-state index is 0.360. The standard InChI is InChI=1S/C14H13NO4S/c1-18-12-4-2-3-10(5-6-13(16)17)14(12)19-8-11-7-15-9-20-11/h2-7,9H,8H2,1H3,(H,16,17)/b6-5+. The maximum absolute atomic E-state index is 10.6. The average Bonchev–Trinajstić information content (AvgIpc) is 2.96. The Bertz CT molecular complexity index is 608. The molecule has 0 saturated carbocycles. The zero-order valence-electron chi connectivity index (χ0n) is 10.8. The van der Waals surface area contributed by atoms with Crippen LogP contribution >= 0.6 is 11.3 Å². The molecule has 1 N–H and O–H groups in total. The Kier molecular flexibility index (Phi) is 4.73. The van der Waals surface area contributed by atoms with E-state index in [9.17, 15) is 4.79 Å². The first-order valence-corrected chi connectivity index (χ1v) is 6.67. The highest BCUT2D eigenvalue weighted by Gasteiger charge is 2.09. The van der Waals surface area contributed by atoms with E-state index in [-0.39, 0.29) is 0 Å². The highest BCUT2D eigenvalue weighted by Crippen LogP contribution is 2.32. The average molecular weight is 291 g/mol. The van der Waals surface area contributed by atoms with Crippen LogP contribution in [0.3, 0.4) is 0 Å². The van der Waals surface area contributed by atoms with Gasteiger partial charge in [0.1, 0.15) is 6.61 Å². The van der Waals surface area contributed by atoms with Gasteiger partial charge in [-0.1, -0.05) is 12.1 Å². The van der Waals surface area contributed by atoms with Crippen molar-refractivity contribution in [3.05, 3.63) is 46.4 Å². The Morgan fingerprint density at radius 3 is 3.00 bits per heavy atom. The third-order valence-corrected chi connectivity index (χ3v) is 3.23. The second-order valence-electron chi connectivity index (χ2n) is 3.81. The van der Waals surface area contributed by atoms with Crippen molar-refractivity contribution in [3.63, 3.8) is 0 Å². The number of aliphatic carboxylic acids is 1. The van der Waals surface area contributed by atoms with Gasteiger partial charge in [0.15, 0.2) is 11.5 Å². The van der Waals surface area contributed by atoms with Crippen molar-refractivity contribution < 1.29 is 19.4 Å². The first kappa shape index (κ1) is 14.1. The van der Waals surface area contributed by atoms with Gasteiger partial charge in [0.2, 0.25) is 0 Å². The van der Waals surface area contributed by atoms with Crippen LogP contribution in [0.1, 0.15) is 10.4 Å². The minimum atomic E-state index is -1.01. The molecule has 0 atom stereocenters. The molecule has 0 spiro atoms. The lowest BCUT2D eigenvalue weighted by atomic mass is 10.1. The molecule has 1 aromatic carbocycles. The molecular formula is C14H13NO4S. The number of aromatic nitrogens is 1. The van der Waals surface area contributed by atoms with E-state index in [0.29, 0.717) is 23.7 Å². The van der Waals surface area contributed by atoms with Crippen molar-refractivity contribution in [2.24, 2.45) is 0 Å². The number of nitrogens with zero attached hydrogens (tertiary/aromatic N) is 1. The van der Waals surface area contributed by atoms with Crippen LogP contribution in [0.5, 0.6) is 11.5 Å². The van der Waals surface area contributed by atoms with Gasteiger partial charge < -0.3 is 14.6 Å².